The maximum atomic E-state index is 12.7. The Morgan fingerprint density at radius 1 is 1.17 bits per heavy atom. The zero-order valence-corrected chi connectivity index (χ0v) is 18.0. The Hall–Kier alpha value is -2.08. The van der Waals surface area contributed by atoms with Gasteiger partial charge in [-0.3, -0.25) is 9.79 Å². The van der Waals surface area contributed by atoms with Crippen LogP contribution < -0.4 is 14.9 Å². The first-order valence-electron chi connectivity index (χ1n) is 10.7. The van der Waals surface area contributed by atoms with Crippen LogP contribution in [0.2, 0.25) is 0 Å². The molecule has 1 aromatic heterocycles. The van der Waals surface area contributed by atoms with Crippen LogP contribution in [0.3, 0.4) is 0 Å². The lowest BCUT2D eigenvalue weighted by atomic mass is 9.53. The van der Waals surface area contributed by atoms with Gasteiger partial charge in [-0.1, -0.05) is 12.1 Å². The number of carbonyl (C=O) groups excluding carboxylic acids is 1. The maximum Gasteiger partial charge on any atom is 0.269 e. The predicted molar refractivity (Wildman–Crippen MR) is 114 cm³/mol. The van der Waals surface area contributed by atoms with Gasteiger partial charge < -0.3 is 14.6 Å². The molecule has 4 aliphatic rings. The second-order valence-electron chi connectivity index (χ2n) is 9.25. The van der Waals surface area contributed by atoms with Gasteiger partial charge in [-0.2, -0.15) is 0 Å². The monoisotopic (exact) mass is 411 g/mol. The molecule has 1 heterocycles. The number of methoxy groups -OCH3 is 1. The fourth-order valence-electron chi connectivity index (χ4n) is 6.10. The zero-order chi connectivity index (χ0) is 20.0. The molecule has 6 heteroatoms. The molecule has 0 atom stereocenters. The highest BCUT2D eigenvalue weighted by Gasteiger charge is 2.51. The van der Waals surface area contributed by atoms with Crippen LogP contribution in [-0.4, -0.2) is 23.1 Å². The number of benzene rings is 1. The number of ether oxygens (including phenoxy) is 1. The smallest absolute Gasteiger partial charge is 0.269 e. The molecular weight excluding hydrogens is 382 g/mol. The third-order valence-corrected chi connectivity index (χ3v) is 8.02. The summed E-state index contributed by atoms with van der Waals surface area (Å²) in [6.45, 7) is 0.500. The van der Waals surface area contributed by atoms with E-state index in [0.717, 1.165) is 33.9 Å². The third-order valence-electron chi connectivity index (χ3n) is 7.11. The summed E-state index contributed by atoms with van der Waals surface area (Å²) < 4.78 is 7.16. The van der Waals surface area contributed by atoms with Crippen molar-refractivity contribution in [3.05, 3.63) is 45.7 Å². The summed E-state index contributed by atoms with van der Waals surface area (Å²) in [7, 11) is 3.62. The summed E-state index contributed by atoms with van der Waals surface area (Å²) >= 11 is 1.60. The summed E-state index contributed by atoms with van der Waals surface area (Å²) in [5, 5.41) is 4.98. The van der Waals surface area contributed by atoms with E-state index in [9.17, 15) is 4.79 Å². The first-order chi connectivity index (χ1) is 14.0. The lowest BCUT2D eigenvalue weighted by Crippen LogP contribution is -2.50. The highest BCUT2D eigenvalue weighted by Crippen LogP contribution is 2.57. The molecule has 0 unspecified atom stereocenters. The molecule has 1 N–H and O–H groups in total. The van der Waals surface area contributed by atoms with Crippen LogP contribution in [0.25, 0.3) is 0 Å². The fourth-order valence-corrected chi connectivity index (χ4v) is 7.08. The van der Waals surface area contributed by atoms with Gasteiger partial charge in [0.15, 0.2) is 4.80 Å². The van der Waals surface area contributed by atoms with Crippen LogP contribution in [-0.2, 0) is 13.6 Å². The number of hydrogen-bond acceptors (Lipinski definition) is 4. The lowest BCUT2D eigenvalue weighted by Gasteiger charge is -2.54. The Morgan fingerprint density at radius 2 is 1.79 bits per heavy atom. The van der Waals surface area contributed by atoms with Gasteiger partial charge in [-0.05, 0) is 74.0 Å². The molecule has 154 valence electrons. The van der Waals surface area contributed by atoms with E-state index in [0.29, 0.717) is 12.2 Å². The van der Waals surface area contributed by atoms with Crippen molar-refractivity contribution >= 4 is 17.2 Å². The van der Waals surface area contributed by atoms with Crippen molar-refractivity contribution in [2.24, 2.45) is 29.8 Å². The zero-order valence-electron chi connectivity index (χ0n) is 17.2. The summed E-state index contributed by atoms with van der Waals surface area (Å²) in [5.41, 5.74) is 1.87. The molecule has 0 radical (unpaired) electrons. The molecule has 5 nitrogen and oxygen atoms in total. The van der Waals surface area contributed by atoms with Gasteiger partial charge in [0, 0.05) is 19.0 Å². The molecular formula is C23H29N3O2S. The molecule has 4 aliphatic carbocycles. The molecule has 6 rings (SSSR count). The van der Waals surface area contributed by atoms with Gasteiger partial charge in [-0.25, -0.2) is 0 Å². The molecule has 29 heavy (non-hydrogen) atoms. The Bertz CT molecular complexity index is 937. The standard InChI is InChI=1S/C23H29N3O2S/c1-26-20(21(27)24-13-15-3-5-19(28-2)6-4-15)14-29-22(26)25-23-10-16-7-17(11-23)9-18(8-16)12-23/h3-6,14,16-18H,7-13H2,1-2H3,(H,24,27). The minimum absolute atomic E-state index is 0.0495. The van der Waals surface area contributed by atoms with Gasteiger partial charge in [0.25, 0.3) is 5.91 Å². The topological polar surface area (TPSA) is 55.6 Å². The first-order valence-corrected chi connectivity index (χ1v) is 11.5. The molecule has 0 spiro atoms. The first kappa shape index (κ1) is 18.9. The van der Waals surface area contributed by atoms with Crippen molar-refractivity contribution in [2.45, 2.75) is 50.6 Å². The van der Waals surface area contributed by atoms with E-state index >= 15 is 0 Å². The molecule has 4 saturated carbocycles. The second-order valence-corrected chi connectivity index (χ2v) is 10.1. The van der Waals surface area contributed by atoms with Crippen molar-refractivity contribution in [1.29, 1.82) is 0 Å². The van der Waals surface area contributed by atoms with Crippen molar-refractivity contribution in [1.82, 2.24) is 9.88 Å². The summed E-state index contributed by atoms with van der Waals surface area (Å²) in [4.78, 5) is 19.0. The predicted octanol–water partition coefficient (Wildman–Crippen LogP) is 3.89. The van der Waals surface area contributed by atoms with E-state index < -0.39 is 0 Å². The largest absolute Gasteiger partial charge is 0.497 e. The third kappa shape index (κ3) is 3.63. The summed E-state index contributed by atoms with van der Waals surface area (Å²) in [6.07, 6.45) is 8.00. The molecule has 4 bridgehead atoms. The Morgan fingerprint density at radius 3 is 2.38 bits per heavy atom. The Labute approximate surface area is 175 Å². The van der Waals surface area contributed by atoms with Crippen LogP contribution in [0.5, 0.6) is 5.75 Å². The van der Waals surface area contributed by atoms with Gasteiger partial charge in [0.2, 0.25) is 0 Å². The Balaban J connectivity index is 1.31. The minimum Gasteiger partial charge on any atom is -0.497 e. The van der Waals surface area contributed by atoms with E-state index in [1.807, 2.05) is 41.3 Å². The average molecular weight is 412 g/mol. The van der Waals surface area contributed by atoms with Gasteiger partial charge >= 0.3 is 0 Å². The molecule has 4 fully saturated rings. The van der Waals surface area contributed by atoms with Crippen molar-refractivity contribution < 1.29 is 9.53 Å². The van der Waals surface area contributed by atoms with Crippen LogP contribution >= 0.6 is 11.3 Å². The number of nitrogens with zero attached hydrogens (tertiary/aromatic N) is 2. The molecule has 1 aromatic carbocycles. The number of carbonyl (C=O) groups is 1. The number of hydrogen-bond donors (Lipinski definition) is 1. The van der Waals surface area contributed by atoms with Crippen molar-refractivity contribution in [2.75, 3.05) is 7.11 Å². The number of nitrogens with one attached hydrogen (secondary N) is 1. The van der Waals surface area contributed by atoms with E-state index in [-0.39, 0.29) is 11.4 Å². The summed E-state index contributed by atoms with van der Waals surface area (Å²) in [5.74, 6) is 3.40. The maximum absolute atomic E-state index is 12.7. The summed E-state index contributed by atoms with van der Waals surface area (Å²) in [6, 6.07) is 7.77. The normalized spacial score (nSPS) is 30.6. The molecule has 0 aliphatic heterocycles. The molecule has 0 saturated heterocycles. The van der Waals surface area contributed by atoms with E-state index in [4.69, 9.17) is 9.73 Å². The number of rotatable bonds is 5. The van der Waals surface area contributed by atoms with E-state index in [1.54, 1.807) is 18.4 Å². The van der Waals surface area contributed by atoms with Crippen molar-refractivity contribution in [3.63, 3.8) is 0 Å². The van der Waals surface area contributed by atoms with Crippen LogP contribution in [0.1, 0.15) is 54.6 Å². The van der Waals surface area contributed by atoms with E-state index in [2.05, 4.69) is 5.32 Å². The minimum atomic E-state index is -0.0495. The number of amides is 1. The van der Waals surface area contributed by atoms with Crippen LogP contribution in [0, 0.1) is 17.8 Å². The fraction of sp³-hybridized carbons (Fsp3) is 0.565. The quantitative estimate of drug-likeness (QED) is 0.811. The van der Waals surface area contributed by atoms with Crippen molar-refractivity contribution in [3.8, 4) is 5.75 Å². The second kappa shape index (κ2) is 7.31. The van der Waals surface area contributed by atoms with E-state index in [1.165, 1.54) is 38.5 Å². The molecule has 2 aromatic rings. The average Bonchev–Trinajstić information content (AvgIpc) is 3.05. The van der Waals surface area contributed by atoms with Gasteiger partial charge in [0.05, 0.1) is 12.6 Å². The SMILES string of the molecule is COc1ccc(CNC(=O)c2csc(=NC34CC5CC(CC(C5)C3)C4)n2C)cc1. The van der Waals surface area contributed by atoms with Crippen LogP contribution in [0.15, 0.2) is 34.6 Å². The lowest BCUT2D eigenvalue weighted by molar-refractivity contribution is -0.000371. The number of thiazole rings is 1. The Kier molecular flexibility index (Phi) is 4.77. The highest BCUT2D eigenvalue weighted by atomic mass is 32.1. The van der Waals surface area contributed by atoms with Crippen LogP contribution in [0.4, 0.5) is 0 Å². The van der Waals surface area contributed by atoms with Gasteiger partial charge in [0.1, 0.15) is 11.4 Å². The molecule has 1 amide bonds. The van der Waals surface area contributed by atoms with Gasteiger partial charge in [-0.15, -0.1) is 11.3 Å². The highest BCUT2D eigenvalue weighted by molar-refractivity contribution is 7.07. The number of aromatic nitrogens is 1.